The lowest BCUT2D eigenvalue weighted by Crippen LogP contribution is -2.21. The fourth-order valence-corrected chi connectivity index (χ4v) is 10.6. The van der Waals surface area contributed by atoms with E-state index in [2.05, 4.69) is 199 Å². The van der Waals surface area contributed by atoms with E-state index >= 15 is 0 Å². The fourth-order valence-electron chi connectivity index (χ4n) is 9.38. The third kappa shape index (κ3) is 5.07. The van der Waals surface area contributed by atoms with Gasteiger partial charge in [0.2, 0.25) is 0 Å². The zero-order valence-electron chi connectivity index (χ0n) is 32.3. The SMILES string of the molecule is C=C/C=c1\c(=C(/C)c2ccc(-n3c4ccc(-c5cccc6c5oc5ccccc56)cc4c4cc5c6ccccc6n(-c6ccccc6)c5cc43)cc2)sc2ccccc12. The molecule has 0 unspecified atom stereocenters. The molecule has 0 atom stereocenters. The van der Waals surface area contributed by atoms with Crippen molar-refractivity contribution in [2.24, 2.45) is 0 Å². The van der Waals surface area contributed by atoms with Gasteiger partial charge in [0.15, 0.2) is 0 Å². The van der Waals surface area contributed by atoms with E-state index in [0.29, 0.717) is 0 Å². The third-order valence-corrected chi connectivity index (χ3v) is 13.4. The average Bonchev–Trinajstić information content (AvgIpc) is 4.03. The van der Waals surface area contributed by atoms with E-state index < -0.39 is 0 Å². The molecule has 0 spiro atoms. The van der Waals surface area contributed by atoms with Gasteiger partial charge in [-0.05, 0) is 90.4 Å². The van der Waals surface area contributed by atoms with Crippen LogP contribution in [0.15, 0.2) is 193 Å². The maximum Gasteiger partial charge on any atom is 0.143 e. The Balaban J connectivity index is 1.12. The van der Waals surface area contributed by atoms with Gasteiger partial charge < -0.3 is 13.6 Å². The fraction of sp³-hybridized carbons (Fsp3) is 0.0182. The first-order valence-electron chi connectivity index (χ1n) is 20.0. The summed E-state index contributed by atoms with van der Waals surface area (Å²) in [6, 6.07) is 63.8. The van der Waals surface area contributed by atoms with E-state index in [1.807, 2.05) is 23.5 Å². The first kappa shape index (κ1) is 33.7. The van der Waals surface area contributed by atoms with Gasteiger partial charge in [-0.1, -0.05) is 128 Å². The summed E-state index contributed by atoms with van der Waals surface area (Å²) in [6.45, 7) is 6.27. The molecular formula is C55H36N2OS. The van der Waals surface area contributed by atoms with Crippen molar-refractivity contribution in [3.63, 3.8) is 0 Å². The van der Waals surface area contributed by atoms with Crippen LogP contribution in [-0.2, 0) is 0 Å². The van der Waals surface area contributed by atoms with E-state index in [0.717, 1.165) is 55.5 Å². The van der Waals surface area contributed by atoms with E-state index in [1.54, 1.807) is 0 Å². The Labute approximate surface area is 343 Å². The summed E-state index contributed by atoms with van der Waals surface area (Å²) in [7, 11) is 0. The van der Waals surface area contributed by atoms with Crippen molar-refractivity contribution < 1.29 is 4.42 Å². The number of rotatable bonds is 5. The molecule has 0 radical (unpaired) electrons. The topological polar surface area (TPSA) is 23.0 Å². The lowest BCUT2D eigenvalue weighted by molar-refractivity contribution is 0.670. The molecule has 0 saturated carbocycles. The van der Waals surface area contributed by atoms with Crippen LogP contribution in [0.25, 0.3) is 110 Å². The molecule has 0 aliphatic carbocycles. The van der Waals surface area contributed by atoms with Crippen LogP contribution in [0.1, 0.15) is 12.5 Å². The zero-order valence-corrected chi connectivity index (χ0v) is 33.1. The number of hydrogen-bond acceptors (Lipinski definition) is 2. The number of benzene rings is 8. The normalized spacial score (nSPS) is 12.9. The molecule has 4 heterocycles. The van der Waals surface area contributed by atoms with Crippen LogP contribution in [0.4, 0.5) is 0 Å². The number of hydrogen-bond donors (Lipinski definition) is 0. The van der Waals surface area contributed by atoms with Gasteiger partial charge in [-0.25, -0.2) is 0 Å². The van der Waals surface area contributed by atoms with Crippen LogP contribution >= 0.6 is 11.3 Å². The van der Waals surface area contributed by atoms with E-state index in [4.69, 9.17) is 4.42 Å². The molecule has 3 nitrogen and oxygen atoms in total. The Morgan fingerprint density at radius 2 is 1.17 bits per heavy atom. The minimum Gasteiger partial charge on any atom is -0.455 e. The summed E-state index contributed by atoms with van der Waals surface area (Å²) in [6.07, 6.45) is 4.04. The highest BCUT2D eigenvalue weighted by atomic mass is 32.1. The van der Waals surface area contributed by atoms with Gasteiger partial charge in [-0.2, -0.15) is 0 Å². The number of fused-ring (bicyclic) bond motifs is 10. The maximum atomic E-state index is 6.55. The molecule has 0 saturated heterocycles. The highest BCUT2D eigenvalue weighted by molar-refractivity contribution is 7.17. The Bertz CT molecular complexity index is 3800. The molecule has 0 aliphatic heterocycles. The van der Waals surface area contributed by atoms with E-state index in [1.165, 1.54) is 63.6 Å². The van der Waals surface area contributed by atoms with Crippen molar-refractivity contribution in [1.82, 2.24) is 9.13 Å². The predicted molar refractivity (Wildman–Crippen MR) is 252 cm³/mol. The van der Waals surface area contributed by atoms with Gasteiger partial charge in [-0.3, -0.25) is 0 Å². The standard InChI is InChI=1S/C55H36N2OS/c1-3-14-44-42-19-9-12-24-53(42)59-55(44)34(2)35-25-28-38(29-26-35)57-49-30-27-36(39-20-13-21-43-41-18-8-11-23-52(41)58-54(39)43)31-45(49)47-32-46-40-17-7-10-22-48(40)56(50(46)33-51(47)57)37-15-5-4-6-16-37/h3-33H,1H2,2H3/b44-14-,55-34-. The molecule has 4 heteroatoms. The molecule has 8 aromatic carbocycles. The second-order valence-electron chi connectivity index (χ2n) is 15.3. The van der Waals surface area contributed by atoms with E-state index in [-0.39, 0.29) is 0 Å². The van der Waals surface area contributed by atoms with Gasteiger partial charge in [0.05, 0.1) is 22.1 Å². The lowest BCUT2D eigenvalue weighted by Gasteiger charge is -2.11. The number of para-hydroxylation sites is 4. The molecule has 0 bridgehead atoms. The smallest absolute Gasteiger partial charge is 0.143 e. The second-order valence-corrected chi connectivity index (χ2v) is 16.4. The van der Waals surface area contributed by atoms with Crippen LogP contribution < -0.4 is 9.75 Å². The molecule has 12 aromatic rings. The van der Waals surface area contributed by atoms with Gasteiger partial charge >= 0.3 is 0 Å². The van der Waals surface area contributed by atoms with Crippen LogP contribution in [0.3, 0.4) is 0 Å². The van der Waals surface area contributed by atoms with Crippen molar-refractivity contribution >= 4 is 98.6 Å². The Morgan fingerprint density at radius 3 is 1.98 bits per heavy atom. The Kier molecular flexibility index (Phi) is 7.47. The summed E-state index contributed by atoms with van der Waals surface area (Å²) >= 11 is 1.85. The first-order chi connectivity index (χ1) is 29.1. The van der Waals surface area contributed by atoms with Crippen molar-refractivity contribution in [2.75, 3.05) is 0 Å². The molecule has 12 rings (SSSR count). The van der Waals surface area contributed by atoms with Gasteiger partial charge in [0.1, 0.15) is 11.2 Å². The number of aromatic nitrogens is 2. The summed E-state index contributed by atoms with van der Waals surface area (Å²) < 4.78 is 14.0. The molecule has 278 valence electrons. The summed E-state index contributed by atoms with van der Waals surface area (Å²) in [5.74, 6) is 0. The first-order valence-corrected chi connectivity index (χ1v) is 20.9. The van der Waals surface area contributed by atoms with Gasteiger partial charge in [0.25, 0.3) is 0 Å². The minimum atomic E-state index is 0.906. The number of thiophene rings is 1. The quantitative estimate of drug-likeness (QED) is 0.171. The Morgan fingerprint density at radius 1 is 0.525 bits per heavy atom. The van der Waals surface area contributed by atoms with Crippen LogP contribution in [-0.4, -0.2) is 9.13 Å². The second kappa shape index (κ2) is 13.1. The maximum absolute atomic E-state index is 6.55. The number of furan rings is 1. The third-order valence-electron chi connectivity index (χ3n) is 12.1. The molecule has 59 heavy (non-hydrogen) atoms. The summed E-state index contributed by atoms with van der Waals surface area (Å²) in [5.41, 5.74) is 13.4. The van der Waals surface area contributed by atoms with Crippen LogP contribution in [0.2, 0.25) is 0 Å². The highest BCUT2D eigenvalue weighted by Crippen LogP contribution is 2.42. The van der Waals surface area contributed by atoms with Crippen LogP contribution in [0.5, 0.6) is 0 Å². The largest absolute Gasteiger partial charge is 0.455 e. The zero-order chi connectivity index (χ0) is 39.2. The number of allylic oxidation sites excluding steroid dienone is 1. The monoisotopic (exact) mass is 772 g/mol. The average molecular weight is 773 g/mol. The van der Waals surface area contributed by atoms with Crippen molar-refractivity contribution in [1.29, 1.82) is 0 Å². The molecule has 0 amide bonds. The molecule has 4 aromatic heterocycles. The van der Waals surface area contributed by atoms with Gasteiger partial charge in [0, 0.05) is 69.1 Å². The molecule has 0 aliphatic rings. The van der Waals surface area contributed by atoms with Gasteiger partial charge in [-0.15, -0.1) is 11.3 Å². The minimum absolute atomic E-state index is 0.906. The Hall–Kier alpha value is -7.40. The molecule has 0 N–H and O–H groups in total. The highest BCUT2D eigenvalue weighted by Gasteiger charge is 2.20. The summed E-state index contributed by atoms with van der Waals surface area (Å²) in [4.78, 5) is 0. The van der Waals surface area contributed by atoms with Crippen LogP contribution in [0, 0.1) is 0 Å². The van der Waals surface area contributed by atoms with Crippen molar-refractivity contribution in [3.05, 3.63) is 204 Å². The lowest BCUT2D eigenvalue weighted by atomic mass is 10.00. The molecular weight excluding hydrogens is 737 g/mol. The van der Waals surface area contributed by atoms with E-state index in [9.17, 15) is 0 Å². The predicted octanol–water partition coefficient (Wildman–Crippen LogP) is 13.8. The van der Waals surface area contributed by atoms with Crippen molar-refractivity contribution in [2.45, 2.75) is 6.92 Å². The summed E-state index contributed by atoms with van der Waals surface area (Å²) in [5, 5.41) is 9.65. The number of nitrogens with zero attached hydrogens (tertiary/aromatic N) is 2. The molecule has 0 fully saturated rings. The van der Waals surface area contributed by atoms with Crippen molar-refractivity contribution in [3.8, 4) is 22.5 Å².